The number of carbonyl (C=O) groups is 1. The van der Waals surface area contributed by atoms with Crippen LogP contribution >= 0.6 is 0 Å². The summed E-state index contributed by atoms with van der Waals surface area (Å²) in [5.41, 5.74) is 1.29. The lowest BCUT2D eigenvalue weighted by Gasteiger charge is -2.15. The molecule has 6 heteroatoms. The van der Waals surface area contributed by atoms with E-state index >= 15 is 0 Å². The number of hydrogen-bond donors (Lipinski definition) is 0. The van der Waals surface area contributed by atoms with E-state index in [1.807, 2.05) is 6.92 Å². The van der Waals surface area contributed by atoms with E-state index in [4.69, 9.17) is 14.2 Å². The molecule has 0 spiro atoms. The summed E-state index contributed by atoms with van der Waals surface area (Å²) < 4.78 is 46.2. The van der Waals surface area contributed by atoms with Crippen molar-refractivity contribution < 1.29 is 27.8 Å². The molecule has 0 aromatic heterocycles. The van der Waals surface area contributed by atoms with E-state index in [1.165, 1.54) is 95.2 Å². The Morgan fingerprint density at radius 2 is 1.16 bits per heavy atom. The molecule has 0 fully saturated rings. The molecule has 0 aliphatic heterocycles. The van der Waals surface area contributed by atoms with Gasteiger partial charge in [-0.25, -0.2) is 13.6 Å². The normalized spacial score (nSPS) is 11.4. The number of benzene rings is 3. The molecular formula is C43H56F2O4. The van der Waals surface area contributed by atoms with E-state index < -0.39 is 17.6 Å². The van der Waals surface area contributed by atoms with Crippen LogP contribution in [0.1, 0.15) is 151 Å². The van der Waals surface area contributed by atoms with Gasteiger partial charge in [-0.3, -0.25) is 0 Å². The fourth-order valence-electron chi connectivity index (χ4n) is 5.60. The predicted molar refractivity (Wildman–Crippen MR) is 196 cm³/mol. The molecule has 266 valence electrons. The van der Waals surface area contributed by atoms with Gasteiger partial charge in [0.25, 0.3) is 0 Å². The van der Waals surface area contributed by atoms with Crippen molar-refractivity contribution in [1.29, 1.82) is 0 Å². The highest BCUT2D eigenvalue weighted by Crippen LogP contribution is 2.23. The molecule has 0 heterocycles. The molecule has 0 N–H and O–H groups in total. The van der Waals surface area contributed by atoms with Gasteiger partial charge in [-0.1, -0.05) is 116 Å². The van der Waals surface area contributed by atoms with Crippen molar-refractivity contribution in [2.75, 3.05) is 6.61 Å². The lowest BCUT2D eigenvalue weighted by Crippen LogP contribution is -2.12. The van der Waals surface area contributed by atoms with Gasteiger partial charge in [0.2, 0.25) is 0 Å². The van der Waals surface area contributed by atoms with Crippen LogP contribution in [-0.2, 0) is 0 Å². The quantitative estimate of drug-likeness (QED) is 0.0435. The summed E-state index contributed by atoms with van der Waals surface area (Å²) in [7, 11) is 0. The highest BCUT2D eigenvalue weighted by molar-refractivity contribution is 5.91. The molecule has 0 saturated heterocycles. The first-order valence-corrected chi connectivity index (χ1v) is 18.6. The Balaban J connectivity index is 1.37. The van der Waals surface area contributed by atoms with Crippen molar-refractivity contribution in [3.63, 3.8) is 0 Å². The van der Waals surface area contributed by atoms with Crippen molar-refractivity contribution >= 4 is 5.97 Å². The standard InChI is InChI=1S/C43H56F2O4/c1-4-6-8-10-11-12-13-14-15-16-17-19-31-47-41-30-26-37(33-40(41)45)43(46)49-38-27-23-35(24-28-38)21-22-36-25-29-42(39(44)32-36)48-34(3)20-18-9-7-5-2/h23-30,32-34H,4-20,31H2,1-3H3. The lowest BCUT2D eigenvalue weighted by atomic mass is 10.1. The van der Waals surface area contributed by atoms with E-state index in [1.54, 1.807) is 36.4 Å². The Kier molecular flexibility index (Phi) is 19.0. The second-order valence-corrected chi connectivity index (χ2v) is 13.0. The maximum absolute atomic E-state index is 14.7. The largest absolute Gasteiger partial charge is 0.491 e. The van der Waals surface area contributed by atoms with E-state index in [0.29, 0.717) is 23.5 Å². The summed E-state index contributed by atoms with van der Waals surface area (Å²) >= 11 is 0. The molecule has 3 rings (SSSR count). The third kappa shape index (κ3) is 15.9. The van der Waals surface area contributed by atoms with Crippen LogP contribution in [0.4, 0.5) is 8.78 Å². The van der Waals surface area contributed by atoms with Crippen molar-refractivity contribution in [3.05, 3.63) is 89.0 Å². The molecule has 0 aliphatic rings. The molecule has 1 unspecified atom stereocenters. The monoisotopic (exact) mass is 674 g/mol. The minimum Gasteiger partial charge on any atom is -0.491 e. The third-order valence-electron chi connectivity index (χ3n) is 8.56. The Hall–Kier alpha value is -3.85. The average Bonchev–Trinajstić information content (AvgIpc) is 3.10. The zero-order chi connectivity index (χ0) is 35.1. The maximum Gasteiger partial charge on any atom is 0.343 e. The Labute approximate surface area is 294 Å². The smallest absolute Gasteiger partial charge is 0.343 e. The molecule has 0 amide bonds. The topological polar surface area (TPSA) is 44.8 Å². The number of rotatable bonds is 23. The van der Waals surface area contributed by atoms with Gasteiger partial charge in [0.15, 0.2) is 23.1 Å². The molecule has 0 saturated carbocycles. The van der Waals surface area contributed by atoms with Crippen LogP contribution in [0.3, 0.4) is 0 Å². The lowest BCUT2D eigenvalue weighted by molar-refractivity contribution is 0.0734. The number of ether oxygens (including phenoxy) is 3. The molecule has 0 bridgehead atoms. The molecule has 3 aromatic carbocycles. The van der Waals surface area contributed by atoms with Crippen LogP contribution < -0.4 is 14.2 Å². The molecule has 0 radical (unpaired) electrons. The first-order chi connectivity index (χ1) is 23.9. The SMILES string of the molecule is CCCCCCCCCCCCCCOc1ccc(C(=O)Oc2ccc(C#Cc3ccc(OC(C)CCCCCC)c(F)c3)cc2)cc1F. The Bertz CT molecular complexity index is 1440. The van der Waals surface area contributed by atoms with Crippen molar-refractivity contribution in [2.24, 2.45) is 0 Å². The second kappa shape index (κ2) is 23.5. The number of halogens is 2. The first kappa shape index (κ1) is 39.6. The van der Waals surface area contributed by atoms with E-state index in [0.717, 1.165) is 38.2 Å². The summed E-state index contributed by atoms with van der Waals surface area (Å²) in [6.07, 6.45) is 20.5. The number of unbranched alkanes of at least 4 members (excludes halogenated alkanes) is 14. The zero-order valence-corrected chi connectivity index (χ0v) is 30.0. The number of esters is 1. The van der Waals surface area contributed by atoms with Crippen LogP contribution in [0, 0.1) is 23.5 Å². The summed E-state index contributed by atoms with van der Waals surface area (Å²) in [6.45, 7) is 6.83. The summed E-state index contributed by atoms with van der Waals surface area (Å²) in [6, 6.07) is 15.5. The van der Waals surface area contributed by atoms with E-state index in [9.17, 15) is 13.6 Å². The second-order valence-electron chi connectivity index (χ2n) is 13.0. The van der Waals surface area contributed by atoms with Crippen molar-refractivity contribution in [3.8, 4) is 29.1 Å². The Morgan fingerprint density at radius 1 is 0.633 bits per heavy atom. The highest BCUT2D eigenvalue weighted by atomic mass is 19.1. The van der Waals surface area contributed by atoms with Gasteiger partial charge in [0, 0.05) is 11.1 Å². The molecule has 4 nitrogen and oxygen atoms in total. The number of carbonyl (C=O) groups excluding carboxylic acids is 1. The molecule has 0 aliphatic carbocycles. The predicted octanol–water partition coefficient (Wildman–Crippen LogP) is 12.4. The van der Waals surface area contributed by atoms with Crippen LogP contribution in [-0.4, -0.2) is 18.7 Å². The minimum absolute atomic E-state index is 0.0536. The molecular weight excluding hydrogens is 618 g/mol. The average molecular weight is 675 g/mol. The fourth-order valence-corrected chi connectivity index (χ4v) is 5.60. The van der Waals surface area contributed by atoms with Crippen LogP contribution in [0.15, 0.2) is 60.7 Å². The van der Waals surface area contributed by atoms with E-state index in [-0.39, 0.29) is 23.2 Å². The van der Waals surface area contributed by atoms with Crippen molar-refractivity contribution in [1.82, 2.24) is 0 Å². The van der Waals surface area contributed by atoms with Crippen LogP contribution in [0.2, 0.25) is 0 Å². The Morgan fingerprint density at radius 3 is 1.78 bits per heavy atom. The van der Waals surface area contributed by atoms with E-state index in [2.05, 4.69) is 25.7 Å². The van der Waals surface area contributed by atoms with Gasteiger partial charge in [-0.05, 0) is 86.8 Å². The van der Waals surface area contributed by atoms with Gasteiger partial charge >= 0.3 is 5.97 Å². The van der Waals surface area contributed by atoms with Crippen LogP contribution in [0.25, 0.3) is 0 Å². The third-order valence-corrected chi connectivity index (χ3v) is 8.56. The van der Waals surface area contributed by atoms with Gasteiger partial charge < -0.3 is 14.2 Å². The van der Waals surface area contributed by atoms with Crippen LogP contribution in [0.5, 0.6) is 17.2 Å². The van der Waals surface area contributed by atoms with Gasteiger partial charge in [0.1, 0.15) is 5.75 Å². The zero-order valence-electron chi connectivity index (χ0n) is 30.0. The summed E-state index contributed by atoms with van der Waals surface area (Å²) in [5, 5.41) is 0. The first-order valence-electron chi connectivity index (χ1n) is 18.6. The maximum atomic E-state index is 14.7. The fraction of sp³-hybridized carbons (Fsp3) is 0.512. The van der Waals surface area contributed by atoms with Gasteiger partial charge in [-0.2, -0.15) is 0 Å². The number of hydrogen-bond acceptors (Lipinski definition) is 4. The van der Waals surface area contributed by atoms with Crippen molar-refractivity contribution in [2.45, 2.75) is 136 Å². The minimum atomic E-state index is -0.668. The molecule has 1 atom stereocenters. The summed E-state index contributed by atoms with van der Waals surface area (Å²) in [4.78, 5) is 12.7. The van der Waals surface area contributed by atoms with Gasteiger partial charge in [-0.15, -0.1) is 0 Å². The summed E-state index contributed by atoms with van der Waals surface area (Å²) in [5.74, 6) is 4.93. The van der Waals surface area contributed by atoms with Gasteiger partial charge in [0.05, 0.1) is 18.3 Å². The molecule has 49 heavy (non-hydrogen) atoms. The molecule has 3 aromatic rings. The highest BCUT2D eigenvalue weighted by Gasteiger charge is 2.13.